The summed E-state index contributed by atoms with van der Waals surface area (Å²) in [6, 6.07) is 5.82. The van der Waals surface area contributed by atoms with E-state index in [4.69, 9.17) is 17.3 Å². The lowest BCUT2D eigenvalue weighted by Crippen LogP contribution is -2.51. The normalized spacial score (nSPS) is 20.9. The summed E-state index contributed by atoms with van der Waals surface area (Å²) in [7, 11) is 0. The fourth-order valence-electron chi connectivity index (χ4n) is 3.44. The first-order chi connectivity index (χ1) is 10.1. The van der Waals surface area contributed by atoms with Crippen molar-refractivity contribution in [2.45, 2.75) is 31.7 Å². The highest BCUT2D eigenvalue weighted by Crippen LogP contribution is 2.25. The van der Waals surface area contributed by atoms with Crippen molar-refractivity contribution in [2.24, 2.45) is 0 Å². The molecule has 3 rings (SSSR count). The van der Waals surface area contributed by atoms with Gasteiger partial charge in [-0.25, -0.2) is 0 Å². The molecule has 2 aliphatic rings. The van der Waals surface area contributed by atoms with E-state index in [0.29, 0.717) is 16.3 Å². The number of nitrogens with zero attached hydrogens (tertiary/aromatic N) is 2. The minimum Gasteiger partial charge on any atom is -0.399 e. The molecular weight excluding hydrogens is 286 g/mol. The molecule has 0 atom stereocenters. The van der Waals surface area contributed by atoms with Crippen molar-refractivity contribution in [3.63, 3.8) is 0 Å². The van der Waals surface area contributed by atoms with E-state index in [2.05, 4.69) is 4.90 Å². The largest absolute Gasteiger partial charge is 0.399 e. The molecule has 2 fully saturated rings. The number of benzene rings is 1. The summed E-state index contributed by atoms with van der Waals surface area (Å²) in [6.07, 6.45) is 5.33. The van der Waals surface area contributed by atoms with Crippen molar-refractivity contribution in [3.8, 4) is 0 Å². The lowest BCUT2D eigenvalue weighted by molar-refractivity contribution is 0.0573. The molecule has 1 aliphatic carbocycles. The van der Waals surface area contributed by atoms with Gasteiger partial charge in [-0.15, -0.1) is 0 Å². The Morgan fingerprint density at radius 2 is 1.81 bits per heavy atom. The summed E-state index contributed by atoms with van der Waals surface area (Å²) >= 11 is 6.13. The fraction of sp³-hybridized carbons (Fsp3) is 0.562. The number of amides is 1. The zero-order valence-corrected chi connectivity index (χ0v) is 13.0. The van der Waals surface area contributed by atoms with Crippen LogP contribution in [0, 0.1) is 0 Å². The van der Waals surface area contributed by atoms with Gasteiger partial charge in [-0.05, 0) is 31.0 Å². The number of anilines is 1. The summed E-state index contributed by atoms with van der Waals surface area (Å²) in [4.78, 5) is 17.0. The Kier molecular flexibility index (Phi) is 4.36. The summed E-state index contributed by atoms with van der Waals surface area (Å²) < 4.78 is 0. The van der Waals surface area contributed by atoms with E-state index in [-0.39, 0.29) is 5.91 Å². The molecule has 4 nitrogen and oxygen atoms in total. The maximum absolute atomic E-state index is 12.6. The van der Waals surface area contributed by atoms with Crippen molar-refractivity contribution in [1.29, 1.82) is 0 Å². The number of piperazine rings is 1. The van der Waals surface area contributed by atoms with Crippen LogP contribution in [0.15, 0.2) is 18.2 Å². The summed E-state index contributed by atoms with van der Waals surface area (Å²) in [6.45, 7) is 3.49. The minimum absolute atomic E-state index is 0.00151. The maximum Gasteiger partial charge on any atom is 0.255 e. The average molecular weight is 308 g/mol. The fourth-order valence-corrected chi connectivity index (χ4v) is 3.64. The van der Waals surface area contributed by atoms with Gasteiger partial charge in [0.25, 0.3) is 5.91 Å². The average Bonchev–Trinajstić information content (AvgIpc) is 3.03. The number of nitrogens with two attached hydrogens (primary N) is 1. The topological polar surface area (TPSA) is 49.6 Å². The summed E-state index contributed by atoms with van der Waals surface area (Å²) in [5.41, 5.74) is 6.86. The van der Waals surface area contributed by atoms with Gasteiger partial charge in [0.1, 0.15) is 0 Å². The summed E-state index contributed by atoms with van der Waals surface area (Å²) in [5, 5.41) is 0.479. The Balaban J connectivity index is 1.63. The van der Waals surface area contributed by atoms with E-state index in [1.54, 1.807) is 18.2 Å². The molecule has 1 aromatic carbocycles. The molecule has 0 unspecified atom stereocenters. The number of hydrogen-bond acceptors (Lipinski definition) is 3. The molecule has 5 heteroatoms. The number of carbonyl (C=O) groups is 1. The van der Waals surface area contributed by atoms with E-state index in [1.165, 1.54) is 25.7 Å². The van der Waals surface area contributed by atoms with Crippen molar-refractivity contribution in [3.05, 3.63) is 28.8 Å². The number of halogens is 1. The van der Waals surface area contributed by atoms with Crippen LogP contribution in [0.25, 0.3) is 0 Å². The highest BCUT2D eigenvalue weighted by Gasteiger charge is 2.28. The first-order valence-electron chi connectivity index (χ1n) is 7.73. The highest BCUT2D eigenvalue weighted by atomic mass is 35.5. The number of hydrogen-bond donors (Lipinski definition) is 1. The van der Waals surface area contributed by atoms with Crippen LogP contribution in [0.3, 0.4) is 0 Å². The van der Waals surface area contributed by atoms with Gasteiger partial charge in [0.15, 0.2) is 0 Å². The molecular formula is C16H22ClN3O. The van der Waals surface area contributed by atoms with Crippen LogP contribution < -0.4 is 5.73 Å². The van der Waals surface area contributed by atoms with Gasteiger partial charge in [-0.3, -0.25) is 9.69 Å². The van der Waals surface area contributed by atoms with E-state index in [9.17, 15) is 4.79 Å². The number of rotatable bonds is 2. The predicted molar refractivity (Wildman–Crippen MR) is 85.6 cm³/mol. The molecule has 21 heavy (non-hydrogen) atoms. The molecule has 0 bridgehead atoms. The molecule has 1 heterocycles. The van der Waals surface area contributed by atoms with Gasteiger partial charge < -0.3 is 10.6 Å². The smallest absolute Gasteiger partial charge is 0.255 e. The molecule has 1 aliphatic heterocycles. The van der Waals surface area contributed by atoms with E-state index < -0.39 is 0 Å². The van der Waals surface area contributed by atoms with Crippen LogP contribution in [0.4, 0.5) is 5.69 Å². The van der Waals surface area contributed by atoms with Gasteiger partial charge in [0.2, 0.25) is 0 Å². The Morgan fingerprint density at radius 3 is 2.48 bits per heavy atom. The van der Waals surface area contributed by atoms with Crippen LogP contribution in [0.5, 0.6) is 0 Å². The van der Waals surface area contributed by atoms with Gasteiger partial charge in [0, 0.05) is 37.9 Å². The van der Waals surface area contributed by atoms with E-state index >= 15 is 0 Å². The van der Waals surface area contributed by atoms with Crippen LogP contribution in [0.1, 0.15) is 36.0 Å². The van der Waals surface area contributed by atoms with Crippen molar-refractivity contribution in [2.75, 3.05) is 31.9 Å². The van der Waals surface area contributed by atoms with E-state index in [1.807, 2.05) is 4.90 Å². The monoisotopic (exact) mass is 307 g/mol. The van der Waals surface area contributed by atoms with Crippen LogP contribution in [-0.2, 0) is 0 Å². The standard InChI is InChI=1S/C16H22ClN3O/c17-15-6-5-12(18)11-14(15)16(21)20-9-7-19(8-10-20)13-3-1-2-4-13/h5-6,11,13H,1-4,7-10,18H2. The number of nitrogen functional groups attached to an aromatic ring is 1. The Bertz CT molecular complexity index is 520. The highest BCUT2D eigenvalue weighted by molar-refractivity contribution is 6.34. The maximum atomic E-state index is 12.6. The molecule has 1 saturated heterocycles. The predicted octanol–water partition coefficient (Wildman–Crippen LogP) is 2.62. The first kappa shape index (κ1) is 14.7. The first-order valence-corrected chi connectivity index (χ1v) is 8.11. The Morgan fingerprint density at radius 1 is 1.14 bits per heavy atom. The molecule has 1 aromatic rings. The lowest BCUT2D eigenvalue weighted by Gasteiger charge is -2.38. The molecule has 0 aromatic heterocycles. The van der Waals surface area contributed by atoms with Crippen molar-refractivity contribution >= 4 is 23.2 Å². The van der Waals surface area contributed by atoms with Gasteiger partial charge >= 0.3 is 0 Å². The van der Waals surface area contributed by atoms with Gasteiger partial charge in [0.05, 0.1) is 10.6 Å². The van der Waals surface area contributed by atoms with Crippen molar-refractivity contribution < 1.29 is 4.79 Å². The van der Waals surface area contributed by atoms with Gasteiger partial charge in [-0.1, -0.05) is 24.4 Å². The van der Waals surface area contributed by atoms with Crippen molar-refractivity contribution in [1.82, 2.24) is 9.80 Å². The molecule has 114 valence electrons. The lowest BCUT2D eigenvalue weighted by atomic mass is 10.1. The zero-order valence-electron chi connectivity index (χ0n) is 12.2. The molecule has 2 N–H and O–H groups in total. The second-order valence-electron chi connectivity index (χ2n) is 6.01. The molecule has 1 amide bonds. The molecule has 1 saturated carbocycles. The third kappa shape index (κ3) is 3.16. The van der Waals surface area contributed by atoms with Gasteiger partial charge in [-0.2, -0.15) is 0 Å². The Labute approximate surface area is 130 Å². The molecule has 0 spiro atoms. The minimum atomic E-state index is -0.00151. The SMILES string of the molecule is Nc1ccc(Cl)c(C(=O)N2CCN(C3CCCC3)CC2)c1. The zero-order chi connectivity index (χ0) is 14.8. The van der Waals surface area contributed by atoms with E-state index in [0.717, 1.165) is 32.2 Å². The third-order valence-electron chi connectivity index (χ3n) is 4.66. The summed E-state index contributed by atoms with van der Waals surface area (Å²) in [5.74, 6) is -0.00151. The third-order valence-corrected chi connectivity index (χ3v) is 4.99. The molecule has 0 radical (unpaired) electrons. The Hall–Kier alpha value is -1.26. The van der Waals surface area contributed by atoms with Crippen LogP contribution in [0.2, 0.25) is 5.02 Å². The second-order valence-corrected chi connectivity index (χ2v) is 6.41. The van der Waals surface area contributed by atoms with Crippen LogP contribution in [-0.4, -0.2) is 47.9 Å². The second kappa shape index (κ2) is 6.24. The number of carbonyl (C=O) groups excluding carboxylic acids is 1. The quantitative estimate of drug-likeness (QED) is 0.855. The van der Waals surface area contributed by atoms with Crippen LogP contribution >= 0.6 is 11.6 Å².